The molecule has 0 radical (unpaired) electrons. The van der Waals surface area contributed by atoms with Crippen LogP contribution in [0.1, 0.15) is 37.7 Å². The van der Waals surface area contributed by atoms with Gasteiger partial charge in [-0.2, -0.15) is 0 Å². The molecule has 2 rings (SSSR count). The topological polar surface area (TPSA) is 69.6 Å². The summed E-state index contributed by atoms with van der Waals surface area (Å²) in [6.07, 6.45) is 6.23. The van der Waals surface area contributed by atoms with Crippen LogP contribution < -0.4 is 5.32 Å². The normalized spacial score (nSPS) is 16.2. The Labute approximate surface area is 113 Å². The van der Waals surface area contributed by atoms with Crippen molar-refractivity contribution in [2.75, 3.05) is 6.54 Å². The summed E-state index contributed by atoms with van der Waals surface area (Å²) >= 11 is 0. The zero-order chi connectivity index (χ0) is 13.7. The predicted molar refractivity (Wildman–Crippen MR) is 73.1 cm³/mol. The van der Waals surface area contributed by atoms with Gasteiger partial charge in [0.1, 0.15) is 0 Å². The Kier molecular flexibility index (Phi) is 4.66. The van der Waals surface area contributed by atoms with Crippen LogP contribution >= 0.6 is 0 Å². The highest BCUT2D eigenvalue weighted by molar-refractivity contribution is 5.78. The van der Waals surface area contributed by atoms with E-state index in [1.54, 1.807) is 6.07 Å². The van der Waals surface area contributed by atoms with Gasteiger partial charge in [-0.15, -0.1) is 0 Å². The molecule has 1 amide bonds. The second kappa shape index (κ2) is 6.45. The molecule has 0 spiro atoms. The Bertz CT molecular complexity index is 439. The highest BCUT2D eigenvalue weighted by Gasteiger charge is 2.20. The van der Waals surface area contributed by atoms with Gasteiger partial charge in [0.25, 0.3) is 0 Å². The highest BCUT2D eigenvalue weighted by atomic mass is 16.3. The first kappa shape index (κ1) is 13.7. The first-order chi connectivity index (χ1) is 9.16. The summed E-state index contributed by atoms with van der Waals surface area (Å²) in [4.78, 5) is 11.9. The summed E-state index contributed by atoms with van der Waals surface area (Å²) in [6.45, 7) is 0.569. The van der Waals surface area contributed by atoms with E-state index in [2.05, 4.69) is 5.32 Å². The van der Waals surface area contributed by atoms with Crippen LogP contribution in [-0.4, -0.2) is 22.7 Å². The quantitative estimate of drug-likeness (QED) is 0.730. The lowest BCUT2D eigenvalue weighted by Crippen LogP contribution is -2.33. The molecule has 1 aromatic carbocycles. The summed E-state index contributed by atoms with van der Waals surface area (Å²) < 4.78 is 0. The zero-order valence-electron chi connectivity index (χ0n) is 11.1. The molecule has 0 heterocycles. The van der Waals surface area contributed by atoms with Gasteiger partial charge in [0.2, 0.25) is 5.91 Å². The summed E-state index contributed by atoms with van der Waals surface area (Å²) in [7, 11) is 0. The van der Waals surface area contributed by atoms with E-state index in [4.69, 9.17) is 0 Å². The standard InChI is InChI=1S/C15H21NO3/c17-13-7-6-11(10-14(13)18)8-9-16-15(19)12-4-2-1-3-5-12/h6-7,10,12,17-18H,1-5,8-9H2,(H,16,19). The maximum atomic E-state index is 11.9. The third-order valence-corrected chi connectivity index (χ3v) is 3.73. The van der Waals surface area contributed by atoms with Gasteiger partial charge < -0.3 is 15.5 Å². The molecule has 0 saturated heterocycles. The number of aromatic hydroxyl groups is 2. The molecular formula is C15H21NO3. The third-order valence-electron chi connectivity index (χ3n) is 3.73. The van der Waals surface area contributed by atoms with E-state index in [1.165, 1.54) is 18.6 Å². The molecular weight excluding hydrogens is 242 g/mol. The fourth-order valence-corrected chi connectivity index (χ4v) is 2.56. The number of phenols is 2. The predicted octanol–water partition coefficient (Wildman–Crippen LogP) is 2.34. The molecule has 1 aromatic rings. The van der Waals surface area contributed by atoms with Crippen LogP contribution in [0, 0.1) is 5.92 Å². The van der Waals surface area contributed by atoms with Crippen molar-refractivity contribution in [1.29, 1.82) is 0 Å². The van der Waals surface area contributed by atoms with Gasteiger partial charge >= 0.3 is 0 Å². The minimum atomic E-state index is -0.116. The van der Waals surface area contributed by atoms with Crippen molar-refractivity contribution in [2.24, 2.45) is 5.92 Å². The molecule has 4 nitrogen and oxygen atoms in total. The van der Waals surface area contributed by atoms with Crippen LogP contribution in [-0.2, 0) is 11.2 Å². The molecule has 0 unspecified atom stereocenters. The fraction of sp³-hybridized carbons (Fsp3) is 0.533. The molecule has 0 aromatic heterocycles. The van der Waals surface area contributed by atoms with Crippen molar-refractivity contribution in [3.05, 3.63) is 23.8 Å². The Hall–Kier alpha value is -1.71. The summed E-state index contributed by atoms with van der Waals surface area (Å²) in [5.41, 5.74) is 0.902. The number of carbonyl (C=O) groups is 1. The molecule has 0 bridgehead atoms. The number of carbonyl (C=O) groups excluding carboxylic acids is 1. The van der Waals surface area contributed by atoms with Crippen LogP contribution in [0.3, 0.4) is 0 Å². The number of hydrogen-bond donors (Lipinski definition) is 3. The van der Waals surface area contributed by atoms with Crippen LogP contribution in [0.5, 0.6) is 11.5 Å². The number of hydrogen-bond acceptors (Lipinski definition) is 3. The zero-order valence-corrected chi connectivity index (χ0v) is 11.1. The highest BCUT2D eigenvalue weighted by Crippen LogP contribution is 2.25. The first-order valence-electron chi connectivity index (χ1n) is 6.95. The van der Waals surface area contributed by atoms with E-state index in [1.807, 2.05) is 0 Å². The largest absolute Gasteiger partial charge is 0.504 e. The van der Waals surface area contributed by atoms with Crippen molar-refractivity contribution in [1.82, 2.24) is 5.32 Å². The van der Waals surface area contributed by atoms with Gasteiger partial charge in [-0.3, -0.25) is 4.79 Å². The van der Waals surface area contributed by atoms with E-state index in [0.29, 0.717) is 13.0 Å². The van der Waals surface area contributed by atoms with Crippen LogP contribution in [0.2, 0.25) is 0 Å². The van der Waals surface area contributed by atoms with E-state index < -0.39 is 0 Å². The van der Waals surface area contributed by atoms with Crippen LogP contribution in [0.25, 0.3) is 0 Å². The van der Waals surface area contributed by atoms with E-state index in [-0.39, 0.29) is 23.3 Å². The fourth-order valence-electron chi connectivity index (χ4n) is 2.56. The number of rotatable bonds is 4. The monoisotopic (exact) mass is 263 g/mol. The van der Waals surface area contributed by atoms with Crippen molar-refractivity contribution < 1.29 is 15.0 Å². The van der Waals surface area contributed by atoms with E-state index in [9.17, 15) is 15.0 Å². The van der Waals surface area contributed by atoms with Crippen molar-refractivity contribution >= 4 is 5.91 Å². The molecule has 19 heavy (non-hydrogen) atoms. The SMILES string of the molecule is O=C(NCCc1ccc(O)c(O)c1)C1CCCCC1. The molecule has 0 aliphatic heterocycles. The molecule has 4 heteroatoms. The summed E-state index contributed by atoms with van der Waals surface area (Å²) in [5, 5.41) is 21.5. The second-order valence-electron chi connectivity index (χ2n) is 5.20. The van der Waals surface area contributed by atoms with Gasteiger partial charge in [0.05, 0.1) is 0 Å². The maximum Gasteiger partial charge on any atom is 0.223 e. The number of amides is 1. The molecule has 0 atom stereocenters. The lowest BCUT2D eigenvalue weighted by molar-refractivity contribution is -0.125. The van der Waals surface area contributed by atoms with Gasteiger partial charge in [0, 0.05) is 12.5 Å². The number of benzene rings is 1. The molecule has 3 N–H and O–H groups in total. The lowest BCUT2D eigenvalue weighted by Gasteiger charge is -2.20. The molecule has 1 aliphatic carbocycles. The lowest BCUT2D eigenvalue weighted by atomic mass is 9.88. The maximum absolute atomic E-state index is 11.9. The average molecular weight is 263 g/mol. The van der Waals surface area contributed by atoms with Crippen LogP contribution in [0.4, 0.5) is 0 Å². The first-order valence-corrected chi connectivity index (χ1v) is 6.95. The van der Waals surface area contributed by atoms with Crippen molar-refractivity contribution in [3.63, 3.8) is 0 Å². The summed E-state index contributed by atoms with van der Waals surface area (Å²) in [5.74, 6) is 0.107. The van der Waals surface area contributed by atoms with Gasteiger partial charge in [-0.05, 0) is 37.0 Å². The third kappa shape index (κ3) is 3.88. The van der Waals surface area contributed by atoms with Crippen LogP contribution in [0.15, 0.2) is 18.2 Å². The Morgan fingerprint density at radius 2 is 1.89 bits per heavy atom. The van der Waals surface area contributed by atoms with Gasteiger partial charge in [0.15, 0.2) is 11.5 Å². The minimum absolute atomic E-state index is 0.115. The second-order valence-corrected chi connectivity index (χ2v) is 5.20. The summed E-state index contributed by atoms with van der Waals surface area (Å²) in [6, 6.07) is 4.75. The number of nitrogens with one attached hydrogen (secondary N) is 1. The smallest absolute Gasteiger partial charge is 0.223 e. The van der Waals surface area contributed by atoms with Crippen molar-refractivity contribution in [3.8, 4) is 11.5 Å². The Morgan fingerprint density at radius 1 is 1.16 bits per heavy atom. The van der Waals surface area contributed by atoms with Gasteiger partial charge in [-0.1, -0.05) is 25.3 Å². The Balaban J connectivity index is 1.76. The minimum Gasteiger partial charge on any atom is -0.504 e. The van der Waals surface area contributed by atoms with Gasteiger partial charge in [-0.25, -0.2) is 0 Å². The van der Waals surface area contributed by atoms with E-state index in [0.717, 1.165) is 31.2 Å². The number of phenolic OH excluding ortho intramolecular Hbond substituents is 2. The molecule has 1 aliphatic rings. The molecule has 1 fully saturated rings. The average Bonchev–Trinajstić information content (AvgIpc) is 2.43. The molecule has 1 saturated carbocycles. The molecule has 104 valence electrons. The Morgan fingerprint density at radius 3 is 2.58 bits per heavy atom. The van der Waals surface area contributed by atoms with Crippen molar-refractivity contribution in [2.45, 2.75) is 38.5 Å². The van der Waals surface area contributed by atoms with E-state index >= 15 is 0 Å².